The van der Waals surface area contributed by atoms with Gasteiger partial charge in [0.05, 0.1) is 12.3 Å². The molecule has 84 valence electrons. The van der Waals surface area contributed by atoms with Crippen molar-refractivity contribution >= 4 is 11.7 Å². The number of carbonyl (C=O) groups excluding carboxylic acids is 1. The molecule has 15 heavy (non-hydrogen) atoms. The molecule has 0 amide bonds. The Morgan fingerprint density at radius 1 is 1.67 bits per heavy atom. The zero-order valence-corrected chi connectivity index (χ0v) is 9.49. The lowest BCUT2D eigenvalue weighted by Gasteiger charge is -2.09. The number of anilines is 1. The summed E-state index contributed by atoms with van der Waals surface area (Å²) < 4.78 is 6.83. The Labute approximate surface area is 90.0 Å². The second-order valence-corrected chi connectivity index (χ2v) is 3.88. The maximum atomic E-state index is 11.6. The number of hydrogen-bond acceptors (Lipinski definition) is 3. The lowest BCUT2D eigenvalue weighted by molar-refractivity contribution is 0.0436. The topological polar surface area (TPSA) is 57.2 Å². The second-order valence-electron chi connectivity index (χ2n) is 3.88. The van der Waals surface area contributed by atoms with E-state index in [-0.39, 0.29) is 5.97 Å². The summed E-state index contributed by atoms with van der Waals surface area (Å²) in [6.45, 7) is 4.58. The van der Waals surface area contributed by atoms with Gasteiger partial charge in [-0.25, -0.2) is 4.79 Å². The van der Waals surface area contributed by atoms with E-state index in [0.717, 1.165) is 6.42 Å². The number of esters is 1. The van der Waals surface area contributed by atoms with Crippen molar-refractivity contribution in [2.45, 2.75) is 20.3 Å². The molecule has 0 spiro atoms. The van der Waals surface area contributed by atoms with E-state index in [2.05, 4.69) is 6.92 Å². The van der Waals surface area contributed by atoms with Gasteiger partial charge in [-0.15, -0.1) is 0 Å². The van der Waals surface area contributed by atoms with Crippen molar-refractivity contribution < 1.29 is 9.53 Å². The number of aryl methyl sites for hydroxylation is 1. The number of aromatic nitrogens is 1. The number of carbonyl (C=O) groups is 1. The van der Waals surface area contributed by atoms with Gasteiger partial charge in [0.2, 0.25) is 0 Å². The van der Waals surface area contributed by atoms with Crippen LogP contribution >= 0.6 is 0 Å². The average Bonchev–Trinajstić information content (AvgIpc) is 2.53. The van der Waals surface area contributed by atoms with Crippen molar-refractivity contribution in [2.24, 2.45) is 13.0 Å². The van der Waals surface area contributed by atoms with Gasteiger partial charge in [-0.1, -0.05) is 20.3 Å². The molecule has 1 rings (SSSR count). The normalized spacial score (nSPS) is 12.5. The highest BCUT2D eigenvalue weighted by molar-refractivity contribution is 5.89. The number of rotatable bonds is 4. The summed E-state index contributed by atoms with van der Waals surface area (Å²) in [5, 5.41) is 0. The van der Waals surface area contributed by atoms with E-state index in [1.807, 2.05) is 6.92 Å². The molecule has 0 saturated heterocycles. The van der Waals surface area contributed by atoms with Crippen LogP contribution < -0.4 is 5.73 Å². The molecular weight excluding hydrogens is 192 g/mol. The minimum Gasteiger partial charge on any atom is -0.461 e. The van der Waals surface area contributed by atoms with Crippen LogP contribution in [0.5, 0.6) is 0 Å². The van der Waals surface area contributed by atoms with Crippen molar-refractivity contribution in [3.8, 4) is 0 Å². The molecule has 4 nitrogen and oxygen atoms in total. The summed E-state index contributed by atoms with van der Waals surface area (Å²) in [6.07, 6.45) is 2.70. The summed E-state index contributed by atoms with van der Waals surface area (Å²) in [6, 6.07) is 1.62. The van der Waals surface area contributed by atoms with E-state index in [1.54, 1.807) is 23.9 Å². The van der Waals surface area contributed by atoms with E-state index < -0.39 is 0 Å². The molecule has 1 atom stereocenters. The van der Waals surface area contributed by atoms with Gasteiger partial charge < -0.3 is 15.0 Å². The Morgan fingerprint density at radius 2 is 2.33 bits per heavy atom. The van der Waals surface area contributed by atoms with Crippen LogP contribution in [0.1, 0.15) is 30.8 Å². The first kappa shape index (κ1) is 11.6. The Hall–Kier alpha value is -1.45. The number of hydrogen-bond donors (Lipinski definition) is 1. The van der Waals surface area contributed by atoms with Crippen molar-refractivity contribution in [1.29, 1.82) is 0 Å². The molecule has 2 N–H and O–H groups in total. The monoisotopic (exact) mass is 210 g/mol. The molecule has 0 saturated carbocycles. The molecule has 1 unspecified atom stereocenters. The SMILES string of the molecule is CCC(C)COC(=O)c1cc(N)cn1C. The van der Waals surface area contributed by atoms with E-state index in [4.69, 9.17) is 10.5 Å². The third kappa shape index (κ3) is 3.01. The van der Waals surface area contributed by atoms with Gasteiger partial charge >= 0.3 is 5.97 Å². The van der Waals surface area contributed by atoms with Crippen LogP contribution in [-0.4, -0.2) is 17.1 Å². The van der Waals surface area contributed by atoms with Crippen molar-refractivity contribution in [1.82, 2.24) is 4.57 Å². The first-order valence-corrected chi connectivity index (χ1v) is 5.13. The maximum Gasteiger partial charge on any atom is 0.355 e. The van der Waals surface area contributed by atoms with Crippen LogP contribution in [0.2, 0.25) is 0 Å². The third-order valence-electron chi connectivity index (χ3n) is 2.43. The Morgan fingerprint density at radius 3 is 2.80 bits per heavy atom. The highest BCUT2D eigenvalue weighted by Crippen LogP contribution is 2.11. The summed E-state index contributed by atoms with van der Waals surface area (Å²) in [5.74, 6) is 0.0843. The Kier molecular flexibility index (Phi) is 3.77. The fourth-order valence-corrected chi connectivity index (χ4v) is 1.20. The van der Waals surface area contributed by atoms with Gasteiger partial charge in [0, 0.05) is 13.2 Å². The average molecular weight is 210 g/mol. The first-order chi connectivity index (χ1) is 7.04. The van der Waals surface area contributed by atoms with Gasteiger partial charge in [0.1, 0.15) is 5.69 Å². The molecule has 1 aromatic heterocycles. The molecule has 0 fully saturated rings. The fraction of sp³-hybridized carbons (Fsp3) is 0.545. The highest BCUT2D eigenvalue weighted by atomic mass is 16.5. The van der Waals surface area contributed by atoms with E-state index in [0.29, 0.717) is 23.9 Å². The fourth-order valence-electron chi connectivity index (χ4n) is 1.20. The smallest absolute Gasteiger partial charge is 0.355 e. The van der Waals surface area contributed by atoms with Crippen molar-refractivity contribution in [3.63, 3.8) is 0 Å². The second kappa shape index (κ2) is 4.87. The van der Waals surface area contributed by atoms with Crippen LogP contribution in [0.25, 0.3) is 0 Å². The lowest BCUT2D eigenvalue weighted by atomic mass is 10.1. The number of nitrogen functional groups attached to an aromatic ring is 1. The highest BCUT2D eigenvalue weighted by Gasteiger charge is 2.13. The number of nitrogens with zero attached hydrogens (tertiary/aromatic N) is 1. The zero-order valence-electron chi connectivity index (χ0n) is 9.49. The molecule has 0 bridgehead atoms. The van der Waals surface area contributed by atoms with E-state index in [9.17, 15) is 4.79 Å². The number of nitrogens with two attached hydrogens (primary N) is 1. The quantitative estimate of drug-likeness (QED) is 0.771. The number of ether oxygens (including phenoxy) is 1. The Bertz CT molecular complexity index is 344. The molecule has 4 heteroatoms. The summed E-state index contributed by atoms with van der Waals surface area (Å²) in [4.78, 5) is 11.6. The summed E-state index contributed by atoms with van der Waals surface area (Å²) in [5.41, 5.74) is 6.64. The molecule has 0 aliphatic carbocycles. The van der Waals surface area contributed by atoms with Crippen LogP contribution in [0.4, 0.5) is 5.69 Å². The molecular formula is C11H18N2O2. The van der Waals surface area contributed by atoms with Crippen LogP contribution in [-0.2, 0) is 11.8 Å². The van der Waals surface area contributed by atoms with Gasteiger partial charge in [-0.3, -0.25) is 0 Å². The van der Waals surface area contributed by atoms with Crippen LogP contribution in [0, 0.1) is 5.92 Å². The molecule has 0 aromatic carbocycles. The summed E-state index contributed by atoms with van der Waals surface area (Å²) in [7, 11) is 1.77. The predicted octanol–water partition coefficient (Wildman–Crippen LogP) is 1.81. The van der Waals surface area contributed by atoms with E-state index in [1.165, 1.54) is 0 Å². The first-order valence-electron chi connectivity index (χ1n) is 5.13. The lowest BCUT2D eigenvalue weighted by Crippen LogP contribution is -2.14. The Balaban J connectivity index is 2.58. The van der Waals surface area contributed by atoms with Crippen LogP contribution in [0.3, 0.4) is 0 Å². The third-order valence-corrected chi connectivity index (χ3v) is 2.43. The van der Waals surface area contributed by atoms with Gasteiger partial charge in [0.15, 0.2) is 0 Å². The largest absolute Gasteiger partial charge is 0.461 e. The molecule has 0 aliphatic rings. The minimum atomic E-state index is -0.311. The zero-order chi connectivity index (χ0) is 11.4. The van der Waals surface area contributed by atoms with Crippen molar-refractivity contribution in [3.05, 3.63) is 18.0 Å². The molecule has 1 aromatic rings. The van der Waals surface area contributed by atoms with Crippen molar-refractivity contribution in [2.75, 3.05) is 12.3 Å². The molecule has 0 aliphatic heterocycles. The van der Waals surface area contributed by atoms with Gasteiger partial charge in [-0.05, 0) is 12.0 Å². The van der Waals surface area contributed by atoms with Gasteiger partial charge in [-0.2, -0.15) is 0 Å². The van der Waals surface area contributed by atoms with Crippen LogP contribution in [0.15, 0.2) is 12.3 Å². The predicted molar refractivity (Wildman–Crippen MR) is 59.6 cm³/mol. The minimum absolute atomic E-state index is 0.311. The van der Waals surface area contributed by atoms with Gasteiger partial charge in [0.25, 0.3) is 0 Å². The summed E-state index contributed by atoms with van der Waals surface area (Å²) >= 11 is 0. The maximum absolute atomic E-state index is 11.6. The molecule has 0 radical (unpaired) electrons. The molecule has 1 heterocycles. The standard InChI is InChI=1S/C11H18N2O2/c1-4-8(2)7-15-11(14)10-5-9(12)6-13(10)3/h5-6,8H,4,7,12H2,1-3H3. The van der Waals surface area contributed by atoms with E-state index >= 15 is 0 Å².